The minimum Gasteiger partial charge on any atom is -0.492 e. The van der Waals surface area contributed by atoms with Gasteiger partial charge in [-0.1, -0.05) is 60.7 Å². The van der Waals surface area contributed by atoms with E-state index in [9.17, 15) is 0 Å². The van der Waals surface area contributed by atoms with Crippen molar-refractivity contribution in [2.24, 2.45) is 0 Å². The van der Waals surface area contributed by atoms with Crippen molar-refractivity contribution in [3.63, 3.8) is 0 Å². The SMILES string of the molecule is c1ccc(CN2CCN(CCOc3ccc4ccccc4c3)CC2)cc1. The Morgan fingerprint density at radius 3 is 2.19 bits per heavy atom. The first-order chi connectivity index (χ1) is 12.9. The third-order valence-electron chi connectivity index (χ3n) is 5.11. The number of fused-ring (bicyclic) bond motifs is 1. The Hall–Kier alpha value is -2.36. The molecule has 0 spiro atoms. The van der Waals surface area contributed by atoms with Crippen LogP contribution < -0.4 is 4.74 Å². The van der Waals surface area contributed by atoms with Gasteiger partial charge in [0.15, 0.2) is 0 Å². The molecule has 26 heavy (non-hydrogen) atoms. The summed E-state index contributed by atoms with van der Waals surface area (Å²) in [6.45, 7) is 7.29. The van der Waals surface area contributed by atoms with Crippen LogP contribution in [0.15, 0.2) is 72.8 Å². The van der Waals surface area contributed by atoms with Gasteiger partial charge in [-0.2, -0.15) is 0 Å². The number of nitrogens with zero attached hydrogens (tertiary/aromatic N) is 2. The molecule has 1 fully saturated rings. The number of ether oxygens (including phenoxy) is 1. The summed E-state index contributed by atoms with van der Waals surface area (Å²) in [5, 5.41) is 2.49. The van der Waals surface area contributed by atoms with Crippen molar-refractivity contribution >= 4 is 10.8 Å². The van der Waals surface area contributed by atoms with E-state index in [-0.39, 0.29) is 0 Å². The van der Waals surface area contributed by atoms with Gasteiger partial charge in [0.25, 0.3) is 0 Å². The van der Waals surface area contributed by atoms with E-state index >= 15 is 0 Å². The second kappa shape index (κ2) is 8.35. The van der Waals surface area contributed by atoms with Crippen molar-refractivity contribution in [1.29, 1.82) is 0 Å². The third kappa shape index (κ3) is 4.43. The molecule has 1 heterocycles. The van der Waals surface area contributed by atoms with E-state index in [0.29, 0.717) is 0 Å². The van der Waals surface area contributed by atoms with Gasteiger partial charge in [0.1, 0.15) is 12.4 Å². The molecule has 0 unspecified atom stereocenters. The van der Waals surface area contributed by atoms with Gasteiger partial charge in [0.05, 0.1) is 0 Å². The first-order valence-corrected chi connectivity index (χ1v) is 9.47. The van der Waals surface area contributed by atoms with Gasteiger partial charge in [-0.25, -0.2) is 0 Å². The molecule has 1 aliphatic rings. The fourth-order valence-electron chi connectivity index (χ4n) is 3.56. The topological polar surface area (TPSA) is 15.7 Å². The lowest BCUT2D eigenvalue weighted by Gasteiger charge is -2.34. The van der Waals surface area contributed by atoms with Gasteiger partial charge in [-0.15, -0.1) is 0 Å². The molecule has 3 heteroatoms. The number of hydrogen-bond acceptors (Lipinski definition) is 3. The van der Waals surface area contributed by atoms with E-state index in [1.165, 1.54) is 16.3 Å². The van der Waals surface area contributed by atoms with E-state index in [4.69, 9.17) is 4.74 Å². The normalized spacial score (nSPS) is 16.0. The van der Waals surface area contributed by atoms with Gasteiger partial charge in [0.2, 0.25) is 0 Å². The molecular formula is C23H26N2O. The molecule has 0 atom stereocenters. The zero-order valence-corrected chi connectivity index (χ0v) is 15.2. The molecule has 0 saturated carbocycles. The van der Waals surface area contributed by atoms with E-state index in [1.807, 2.05) is 0 Å². The summed E-state index contributed by atoms with van der Waals surface area (Å²) in [6.07, 6.45) is 0. The van der Waals surface area contributed by atoms with Crippen LogP contribution in [0.5, 0.6) is 5.75 Å². The summed E-state index contributed by atoms with van der Waals surface area (Å²) >= 11 is 0. The second-order valence-electron chi connectivity index (χ2n) is 6.96. The summed E-state index contributed by atoms with van der Waals surface area (Å²) in [4.78, 5) is 5.04. The van der Waals surface area contributed by atoms with Crippen LogP contribution in [0.4, 0.5) is 0 Å². The van der Waals surface area contributed by atoms with E-state index in [2.05, 4.69) is 82.6 Å². The van der Waals surface area contributed by atoms with Crippen LogP contribution in [-0.2, 0) is 6.54 Å². The molecule has 1 aliphatic heterocycles. The zero-order chi connectivity index (χ0) is 17.6. The number of piperazine rings is 1. The highest BCUT2D eigenvalue weighted by Crippen LogP contribution is 2.20. The molecule has 3 nitrogen and oxygen atoms in total. The van der Waals surface area contributed by atoms with Crippen molar-refractivity contribution in [2.45, 2.75) is 6.54 Å². The van der Waals surface area contributed by atoms with Gasteiger partial charge in [0, 0.05) is 39.3 Å². The van der Waals surface area contributed by atoms with Crippen LogP contribution in [0.3, 0.4) is 0 Å². The minimum atomic E-state index is 0.747. The Morgan fingerprint density at radius 1 is 0.692 bits per heavy atom. The molecule has 134 valence electrons. The number of rotatable bonds is 6. The first-order valence-electron chi connectivity index (χ1n) is 9.47. The molecular weight excluding hydrogens is 320 g/mol. The summed E-state index contributed by atoms with van der Waals surface area (Å²) in [5.41, 5.74) is 1.40. The predicted molar refractivity (Wildman–Crippen MR) is 108 cm³/mol. The van der Waals surface area contributed by atoms with Crippen LogP contribution in [0.1, 0.15) is 5.56 Å². The Morgan fingerprint density at radius 2 is 1.38 bits per heavy atom. The van der Waals surface area contributed by atoms with Crippen molar-refractivity contribution in [3.05, 3.63) is 78.4 Å². The highest BCUT2D eigenvalue weighted by molar-refractivity contribution is 5.83. The van der Waals surface area contributed by atoms with E-state index in [0.717, 1.165) is 51.6 Å². The van der Waals surface area contributed by atoms with Crippen LogP contribution in [0.2, 0.25) is 0 Å². The van der Waals surface area contributed by atoms with Crippen molar-refractivity contribution < 1.29 is 4.74 Å². The average Bonchev–Trinajstić information content (AvgIpc) is 2.70. The maximum atomic E-state index is 5.98. The first kappa shape index (κ1) is 17.1. The lowest BCUT2D eigenvalue weighted by molar-refractivity contribution is 0.112. The van der Waals surface area contributed by atoms with Gasteiger partial charge >= 0.3 is 0 Å². The maximum absolute atomic E-state index is 5.98. The molecule has 0 N–H and O–H groups in total. The van der Waals surface area contributed by atoms with Crippen LogP contribution in [-0.4, -0.2) is 49.1 Å². The fraction of sp³-hybridized carbons (Fsp3) is 0.304. The zero-order valence-electron chi connectivity index (χ0n) is 15.2. The molecule has 0 aliphatic carbocycles. The Kier molecular flexibility index (Phi) is 5.48. The molecule has 4 rings (SSSR count). The minimum absolute atomic E-state index is 0.747. The Balaban J connectivity index is 1.21. The highest BCUT2D eigenvalue weighted by atomic mass is 16.5. The molecule has 0 radical (unpaired) electrons. The molecule has 0 aromatic heterocycles. The van der Waals surface area contributed by atoms with Crippen molar-refractivity contribution in [3.8, 4) is 5.75 Å². The van der Waals surface area contributed by atoms with Crippen LogP contribution >= 0.6 is 0 Å². The molecule has 1 saturated heterocycles. The lowest BCUT2D eigenvalue weighted by Crippen LogP contribution is -2.47. The molecule has 0 bridgehead atoms. The third-order valence-corrected chi connectivity index (χ3v) is 5.11. The quantitative estimate of drug-likeness (QED) is 0.670. The summed E-state index contributed by atoms with van der Waals surface area (Å²) in [7, 11) is 0. The Bertz CT molecular complexity index is 826. The standard InChI is InChI=1S/C23H26N2O/c1-2-6-20(7-3-1)19-25-14-12-24(13-15-25)16-17-26-23-11-10-21-8-4-5-9-22(21)18-23/h1-11,18H,12-17,19H2. The van der Waals surface area contributed by atoms with Crippen LogP contribution in [0.25, 0.3) is 10.8 Å². The maximum Gasteiger partial charge on any atom is 0.120 e. The number of benzene rings is 3. The molecule has 3 aromatic rings. The average molecular weight is 346 g/mol. The van der Waals surface area contributed by atoms with E-state index in [1.54, 1.807) is 0 Å². The summed E-state index contributed by atoms with van der Waals surface area (Å²) in [5.74, 6) is 0.964. The second-order valence-corrected chi connectivity index (χ2v) is 6.96. The highest BCUT2D eigenvalue weighted by Gasteiger charge is 2.16. The van der Waals surface area contributed by atoms with Gasteiger partial charge < -0.3 is 4.74 Å². The lowest BCUT2D eigenvalue weighted by atomic mass is 10.1. The number of hydrogen-bond donors (Lipinski definition) is 0. The van der Waals surface area contributed by atoms with Crippen molar-refractivity contribution in [2.75, 3.05) is 39.3 Å². The predicted octanol–water partition coefficient (Wildman–Crippen LogP) is 4.04. The van der Waals surface area contributed by atoms with Gasteiger partial charge in [-0.3, -0.25) is 9.80 Å². The summed E-state index contributed by atoms with van der Waals surface area (Å²) < 4.78 is 5.98. The largest absolute Gasteiger partial charge is 0.492 e. The monoisotopic (exact) mass is 346 g/mol. The fourth-order valence-corrected chi connectivity index (χ4v) is 3.56. The smallest absolute Gasteiger partial charge is 0.120 e. The molecule has 3 aromatic carbocycles. The van der Waals surface area contributed by atoms with Crippen molar-refractivity contribution in [1.82, 2.24) is 9.80 Å². The summed E-state index contributed by atoms with van der Waals surface area (Å²) in [6, 6.07) is 25.5. The van der Waals surface area contributed by atoms with Crippen LogP contribution in [0, 0.1) is 0 Å². The molecule has 0 amide bonds. The Labute approximate surface area is 155 Å². The van der Waals surface area contributed by atoms with Gasteiger partial charge in [-0.05, 0) is 28.5 Å². The van der Waals surface area contributed by atoms with E-state index < -0.39 is 0 Å².